The molecule has 1 saturated heterocycles. The number of carbonyl (C=O) groups excluding carboxylic acids is 1. The highest BCUT2D eigenvalue weighted by Crippen LogP contribution is 2.24. The van der Waals surface area contributed by atoms with Gasteiger partial charge in [0.1, 0.15) is 5.69 Å². The lowest BCUT2D eigenvalue weighted by Gasteiger charge is -2.35. The molecule has 1 aromatic heterocycles. The van der Waals surface area contributed by atoms with Crippen molar-refractivity contribution in [1.82, 2.24) is 10.3 Å². The molecule has 0 saturated carbocycles. The SMILES string of the molecule is CC(C)NC(=O)c1csc(N2CC(O)C2)n1. The molecule has 1 amide bonds. The molecule has 0 unspecified atom stereocenters. The van der Waals surface area contributed by atoms with Gasteiger partial charge in [0.05, 0.1) is 6.10 Å². The molecule has 0 spiro atoms. The van der Waals surface area contributed by atoms with E-state index in [1.807, 2.05) is 18.7 Å². The number of carbonyl (C=O) groups is 1. The number of thiazole rings is 1. The predicted octanol–water partition coefficient (Wildman–Crippen LogP) is 0.462. The third kappa shape index (κ3) is 2.33. The lowest BCUT2D eigenvalue weighted by molar-refractivity contribution is 0.0939. The first-order valence-corrected chi connectivity index (χ1v) is 6.13. The van der Waals surface area contributed by atoms with Crippen molar-refractivity contribution in [2.24, 2.45) is 0 Å². The quantitative estimate of drug-likeness (QED) is 0.807. The minimum Gasteiger partial charge on any atom is -0.389 e. The van der Waals surface area contributed by atoms with Crippen molar-refractivity contribution in [3.8, 4) is 0 Å². The molecule has 1 aliphatic heterocycles. The standard InChI is InChI=1S/C10H15N3O2S/c1-6(2)11-9(15)8-5-16-10(12-8)13-3-7(14)4-13/h5-7,14H,3-4H2,1-2H3,(H,11,15). The smallest absolute Gasteiger partial charge is 0.271 e. The van der Waals surface area contributed by atoms with Gasteiger partial charge in [-0.05, 0) is 13.8 Å². The molecule has 6 heteroatoms. The zero-order valence-electron chi connectivity index (χ0n) is 9.30. The molecule has 0 radical (unpaired) electrons. The number of nitrogens with one attached hydrogen (secondary N) is 1. The van der Waals surface area contributed by atoms with Crippen molar-refractivity contribution in [1.29, 1.82) is 0 Å². The highest BCUT2D eigenvalue weighted by molar-refractivity contribution is 7.14. The van der Waals surface area contributed by atoms with Crippen LogP contribution in [0, 0.1) is 0 Å². The van der Waals surface area contributed by atoms with Crippen molar-refractivity contribution in [2.45, 2.75) is 26.0 Å². The van der Waals surface area contributed by atoms with Crippen LogP contribution in [0.2, 0.25) is 0 Å². The molecule has 1 aromatic rings. The van der Waals surface area contributed by atoms with Crippen LogP contribution in [0.4, 0.5) is 5.13 Å². The number of β-amino-alcohol motifs (C(OH)–C–C–N with tert-alkyl or cyclic N) is 1. The number of aliphatic hydroxyl groups excluding tert-OH is 1. The van der Waals surface area contributed by atoms with Crippen LogP contribution < -0.4 is 10.2 Å². The van der Waals surface area contributed by atoms with E-state index in [1.165, 1.54) is 11.3 Å². The first-order valence-electron chi connectivity index (χ1n) is 5.25. The number of amides is 1. The summed E-state index contributed by atoms with van der Waals surface area (Å²) >= 11 is 1.43. The van der Waals surface area contributed by atoms with Crippen LogP contribution in [0.5, 0.6) is 0 Å². The zero-order valence-corrected chi connectivity index (χ0v) is 10.1. The Balaban J connectivity index is 1.99. The fraction of sp³-hybridized carbons (Fsp3) is 0.600. The molecular weight excluding hydrogens is 226 g/mol. The number of hydrogen-bond donors (Lipinski definition) is 2. The summed E-state index contributed by atoms with van der Waals surface area (Å²) in [7, 11) is 0. The summed E-state index contributed by atoms with van der Waals surface area (Å²) in [6.07, 6.45) is -0.253. The molecule has 1 aliphatic rings. The molecular formula is C10H15N3O2S. The molecule has 1 fully saturated rings. The summed E-state index contributed by atoms with van der Waals surface area (Å²) in [5.74, 6) is -0.140. The van der Waals surface area contributed by atoms with Crippen LogP contribution in [-0.4, -0.2) is 41.2 Å². The predicted molar refractivity (Wildman–Crippen MR) is 62.9 cm³/mol. The van der Waals surface area contributed by atoms with Crippen molar-refractivity contribution < 1.29 is 9.90 Å². The van der Waals surface area contributed by atoms with Crippen LogP contribution in [0.1, 0.15) is 24.3 Å². The third-order valence-electron chi connectivity index (χ3n) is 2.28. The van der Waals surface area contributed by atoms with Crippen molar-refractivity contribution in [3.05, 3.63) is 11.1 Å². The van der Waals surface area contributed by atoms with Gasteiger partial charge < -0.3 is 15.3 Å². The average Bonchev–Trinajstić information content (AvgIpc) is 2.60. The summed E-state index contributed by atoms with van der Waals surface area (Å²) in [4.78, 5) is 17.8. The number of aromatic nitrogens is 1. The van der Waals surface area contributed by atoms with Crippen LogP contribution in [0.15, 0.2) is 5.38 Å². The highest BCUT2D eigenvalue weighted by Gasteiger charge is 2.27. The van der Waals surface area contributed by atoms with E-state index in [0.29, 0.717) is 18.8 Å². The Morgan fingerprint density at radius 3 is 2.94 bits per heavy atom. The fourth-order valence-corrected chi connectivity index (χ4v) is 2.29. The molecule has 0 aromatic carbocycles. The van der Waals surface area contributed by atoms with Gasteiger partial charge >= 0.3 is 0 Å². The molecule has 16 heavy (non-hydrogen) atoms. The Kier molecular flexibility index (Phi) is 3.11. The van der Waals surface area contributed by atoms with Gasteiger partial charge in [-0.25, -0.2) is 4.98 Å². The Morgan fingerprint density at radius 1 is 1.69 bits per heavy atom. The van der Waals surface area contributed by atoms with E-state index >= 15 is 0 Å². The fourth-order valence-electron chi connectivity index (χ4n) is 1.46. The maximum atomic E-state index is 11.6. The number of aliphatic hydroxyl groups is 1. The second kappa shape index (κ2) is 4.39. The van der Waals surface area contributed by atoms with Gasteiger partial charge in [-0.3, -0.25) is 4.79 Å². The van der Waals surface area contributed by atoms with Crippen molar-refractivity contribution >= 4 is 22.4 Å². The minimum absolute atomic E-state index is 0.114. The second-order valence-electron chi connectivity index (χ2n) is 4.20. The van der Waals surface area contributed by atoms with E-state index in [0.717, 1.165) is 5.13 Å². The molecule has 0 atom stereocenters. The van der Waals surface area contributed by atoms with E-state index in [4.69, 9.17) is 0 Å². The van der Waals surface area contributed by atoms with Crippen LogP contribution >= 0.6 is 11.3 Å². The van der Waals surface area contributed by atoms with E-state index in [-0.39, 0.29) is 18.1 Å². The largest absolute Gasteiger partial charge is 0.389 e. The zero-order chi connectivity index (χ0) is 11.7. The van der Waals surface area contributed by atoms with Crippen molar-refractivity contribution in [3.63, 3.8) is 0 Å². The van der Waals surface area contributed by atoms with E-state index in [2.05, 4.69) is 10.3 Å². The Morgan fingerprint density at radius 2 is 2.38 bits per heavy atom. The minimum atomic E-state index is -0.253. The molecule has 88 valence electrons. The second-order valence-corrected chi connectivity index (χ2v) is 5.04. The van der Waals surface area contributed by atoms with Gasteiger partial charge in [-0.1, -0.05) is 0 Å². The Bertz CT molecular complexity index is 385. The number of nitrogens with zero attached hydrogens (tertiary/aromatic N) is 2. The van der Waals surface area contributed by atoms with Gasteiger partial charge in [0.2, 0.25) is 0 Å². The molecule has 2 N–H and O–H groups in total. The van der Waals surface area contributed by atoms with E-state index in [1.54, 1.807) is 5.38 Å². The number of anilines is 1. The summed E-state index contributed by atoms with van der Waals surface area (Å²) in [5, 5.41) is 14.5. The van der Waals surface area contributed by atoms with E-state index < -0.39 is 0 Å². The monoisotopic (exact) mass is 241 g/mol. The van der Waals surface area contributed by atoms with Crippen LogP contribution in [0.25, 0.3) is 0 Å². The Hall–Kier alpha value is -1.14. The normalized spacial score (nSPS) is 16.4. The average molecular weight is 241 g/mol. The first-order chi connectivity index (χ1) is 7.56. The van der Waals surface area contributed by atoms with E-state index in [9.17, 15) is 9.90 Å². The summed E-state index contributed by atoms with van der Waals surface area (Å²) in [5.41, 5.74) is 0.454. The topological polar surface area (TPSA) is 65.5 Å². The number of hydrogen-bond acceptors (Lipinski definition) is 5. The molecule has 2 rings (SSSR count). The van der Waals surface area contributed by atoms with Crippen LogP contribution in [-0.2, 0) is 0 Å². The maximum Gasteiger partial charge on any atom is 0.271 e. The molecule has 2 heterocycles. The maximum absolute atomic E-state index is 11.6. The summed E-state index contributed by atoms with van der Waals surface area (Å²) < 4.78 is 0. The van der Waals surface area contributed by atoms with Gasteiger partial charge in [0.15, 0.2) is 5.13 Å². The highest BCUT2D eigenvalue weighted by atomic mass is 32.1. The summed E-state index contributed by atoms with van der Waals surface area (Å²) in [6.45, 7) is 5.05. The third-order valence-corrected chi connectivity index (χ3v) is 3.18. The van der Waals surface area contributed by atoms with Gasteiger partial charge in [-0.2, -0.15) is 0 Å². The Labute approximate surface area is 98.1 Å². The first kappa shape index (κ1) is 11.3. The molecule has 5 nitrogen and oxygen atoms in total. The summed E-state index contributed by atoms with van der Waals surface area (Å²) in [6, 6.07) is 0.114. The van der Waals surface area contributed by atoms with Gasteiger partial charge in [-0.15, -0.1) is 11.3 Å². The molecule has 0 aliphatic carbocycles. The van der Waals surface area contributed by atoms with Gasteiger partial charge in [0, 0.05) is 24.5 Å². The lowest BCUT2D eigenvalue weighted by atomic mass is 10.2. The molecule has 0 bridgehead atoms. The lowest BCUT2D eigenvalue weighted by Crippen LogP contribution is -2.50. The van der Waals surface area contributed by atoms with Crippen LogP contribution in [0.3, 0.4) is 0 Å². The van der Waals surface area contributed by atoms with Crippen molar-refractivity contribution in [2.75, 3.05) is 18.0 Å². The number of rotatable bonds is 3. The van der Waals surface area contributed by atoms with Gasteiger partial charge in [0.25, 0.3) is 5.91 Å².